The molecule has 0 amide bonds. The van der Waals surface area contributed by atoms with Crippen molar-refractivity contribution in [2.45, 2.75) is 0 Å². The van der Waals surface area contributed by atoms with Gasteiger partial charge < -0.3 is 0 Å². The van der Waals surface area contributed by atoms with Crippen LogP contribution in [0, 0.1) is 0 Å². The van der Waals surface area contributed by atoms with E-state index in [1.807, 2.05) is 54.6 Å². The summed E-state index contributed by atoms with van der Waals surface area (Å²) in [4.78, 5) is 25.6. The van der Waals surface area contributed by atoms with Crippen LogP contribution >= 0.6 is 0 Å². The van der Waals surface area contributed by atoms with Crippen molar-refractivity contribution in [1.82, 2.24) is 33.9 Å². The van der Waals surface area contributed by atoms with E-state index in [0.29, 0.717) is 17.5 Å². The zero-order chi connectivity index (χ0) is 35.6. The third-order valence-electron chi connectivity index (χ3n) is 10.2. The normalized spacial score (nSPS) is 11.7. The SMILES string of the molecule is c1ccc(-c2ccc(-c3nc(-c4ccccc4)nc(-c4ccc5c(c4)c4ccccc4n5-c4nc5ccccc5c5nc6ccccc6n45)n3)cc2)cc1. The average Bonchev–Trinajstić information content (AvgIpc) is 3.80. The molecule has 7 aromatic carbocycles. The molecule has 0 N–H and O–H groups in total. The maximum absolute atomic E-state index is 5.32. The molecule has 0 spiro atoms. The van der Waals surface area contributed by atoms with Crippen molar-refractivity contribution in [3.63, 3.8) is 0 Å². The van der Waals surface area contributed by atoms with Gasteiger partial charge in [-0.3, -0.25) is 8.97 Å². The lowest BCUT2D eigenvalue weighted by molar-refractivity contribution is 0.979. The molecule has 0 unspecified atom stereocenters. The van der Waals surface area contributed by atoms with Crippen LogP contribution in [0.15, 0.2) is 176 Å². The second-order valence-electron chi connectivity index (χ2n) is 13.4. The first-order chi connectivity index (χ1) is 26.8. The van der Waals surface area contributed by atoms with Crippen LogP contribution in [-0.4, -0.2) is 33.9 Å². The van der Waals surface area contributed by atoms with Gasteiger partial charge in [0.05, 0.1) is 27.6 Å². The first-order valence-electron chi connectivity index (χ1n) is 17.9. The molecule has 11 rings (SSSR count). The van der Waals surface area contributed by atoms with E-state index in [0.717, 1.165) is 77.6 Å². The second-order valence-corrected chi connectivity index (χ2v) is 13.4. The molecule has 0 saturated heterocycles. The number of rotatable bonds is 5. The number of fused-ring (bicyclic) bond motifs is 8. The molecular formula is C47H29N7. The standard InChI is InChI=1S/C47H29N7/c1-3-13-30(14-4-1)31-23-25-33(26-24-31)44-50-43(32-15-5-2-6-16-32)51-45(52-44)34-27-28-41-37(29-34)35-17-8-11-21-40(35)53(41)47-49-38-19-9-7-18-36(38)46-48-39-20-10-12-22-42(39)54(46)47/h1-29H. The topological polar surface area (TPSA) is 73.8 Å². The summed E-state index contributed by atoms with van der Waals surface area (Å²) in [6.07, 6.45) is 0. The number of aromatic nitrogens is 7. The largest absolute Gasteiger partial charge is 0.279 e. The number of para-hydroxylation sites is 4. The van der Waals surface area contributed by atoms with Gasteiger partial charge in [-0.05, 0) is 59.7 Å². The Kier molecular flexibility index (Phi) is 6.72. The van der Waals surface area contributed by atoms with Crippen molar-refractivity contribution in [1.29, 1.82) is 0 Å². The third-order valence-corrected chi connectivity index (χ3v) is 10.2. The zero-order valence-electron chi connectivity index (χ0n) is 28.9. The van der Waals surface area contributed by atoms with Gasteiger partial charge in [0.25, 0.3) is 0 Å². The predicted octanol–water partition coefficient (Wildman–Crippen LogP) is 11.0. The Labute approximate surface area is 309 Å². The molecule has 54 heavy (non-hydrogen) atoms. The van der Waals surface area contributed by atoms with Crippen LogP contribution in [0.5, 0.6) is 0 Å². The van der Waals surface area contributed by atoms with Crippen LogP contribution in [0.1, 0.15) is 0 Å². The Morgan fingerprint density at radius 1 is 0.315 bits per heavy atom. The van der Waals surface area contributed by atoms with Crippen LogP contribution in [0.3, 0.4) is 0 Å². The summed E-state index contributed by atoms with van der Waals surface area (Å²) in [5.74, 6) is 2.64. The first-order valence-corrected chi connectivity index (χ1v) is 17.9. The van der Waals surface area contributed by atoms with Gasteiger partial charge in [-0.15, -0.1) is 0 Å². The summed E-state index contributed by atoms with van der Waals surface area (Å²) in [7, 11) is 0. The lowest BCUT2D eigenvalue weighted by Gasteiger charge is -2.12. The fraction of sp³-hybridized carbons (Fsp3) is 0. The van der Waals surface area contributed by atoms with Gasteiger partial charge in [0.15, 0.2) is 17.5 Å². The van der Waals surface area contributed by atoms with Gasteiger partial charge in [0, 0.05) is 32.8 Å². The molecule has 0 radical (unpaired) electrons. The molecule has 252 valence electrons. The van der Waals surface area contributed by atoms with Crippen LogP contribution in [-0.2, 0) is 0 Å². The van der Waals surface area contributed by atoms with E-state index in [1.165, 1.54) is 5.56 Å². The first kappa shape index (κ1) is 30.1. The van der Waals surface area contributed by atoms with Gasteiger partial charge in [0.1, 0.15) is 5.65 Å². The van der Waals surface area contributed by atoms with Crippen molar-refractivity contribution < 1.29 is 0 Å². The van der Waals surface area contributed by atoms with Crippen LogP contribution in [0.4, 0.5) is 0 Å². The van der Waals surface area contributed by atoms with Gasteiger partial charge in [-0.25, -0.2) is 24.9 Å². The number of benzene rings is 7. The molecular weight excluding hydrogens is 663 g/mol. The molecule has 7 heteroatoms. The van der Waals surface area contributed by atoms with Crippen molar-refractivity contribution in [2.75, 3.05) is 0 Å². The fourth-order valence-electron chi connectivity index (χ4n) is 7.60. The molecule has 0 atom stereocenters. The van der Waals surface area contributed by atoms with E-state index in [-0.39, 0.29) is 0 Å². The second kappa shape index (κ2) is 12.0. The minimum atomic E-state index is 0.608. The van der Waals surface area contributed by atoms with Crippen LogP contribution < -0.4 is 0 Å². The van der Waals surface area contributed by atoms with Crippen molar-refractivity contribution in [2.24, 2.45) is 0 Å². The van der Waals surface area contributed by atoms with Crippen LogP contribution in [0.2, 0.25) is 0 Å². The number of hydrogen-bond acceptors (Lipinski definition) is 5. The Hall–Kier alpha value is -7.51. The van der Waals surface area contributed by atoms with Crippen molar-refractivity contribution in [3.05, 3.63) is 176 Å². The molecule has 0 aliphatic heterocycles. The lowest BCUT2D eigenvalue weighted by Crippen LogP contribution is -2.06. The summed E-state index contributed by atoms with van der Waals surface area (Å²) in [5.41, 5.74) is 10.8. The summed E-state index contributed by atoms with van der Waals surface area (Å²) in [6.45, 7) is 0. The fourth-order valence-corrected chi connectivity index (χ4v) is 7.60. The molecule has 7 nitrogen and oxygen atoms in total. The van der Waals surface area contributed by atoms with Crippen molar-refractivity contribution >= 4 is 49.4 Å². The highest BCUT2D eigenvalue weighted by molar-refractivity contribution is 6.10. The molecule has 0 aliphatic rings. The molecule has 0 saturated carbocycles. The molecule has 0 bridgehead atoms. The van der Waals surface area contributed by atoms with Crippen LogP contribution in [0.25, 0.3) is 101 Å². The summed E-state index contributed by atoms with van der Waals surface area (Å²) in [6, 6.07) is 60.3. The number of hydrogen-bond donors (Lipinski definition) is 0. The highest BCUT2D eigenvalue weighted by atomic mass is 15.2. The van der Waals surface area contributed by atoms with E-state index in [9.17, 15) is 0 Å². The van der Waals surface area contributed by atoms with Gasteiger partial charge in [-0.1, -0.05) is 127 Å². The van der Waals surface area contributed by atoms with E-state index in [2.05, 4.69) is 130 Å². The monoisotopic (exact) mass is 691 g/mol. The highest BCUT2D eigenvalue weighted by Crippen LogP contribution is 2.36. The summed E-state index contributed by atoms with van der Waals surface area (Å²) in [5, 5.41) is 3.19. The molecule has 4 aromatic heterocycles. The smallest absolute Gasteiger partial charge is 0.221 e. The third kappa shape index (κ3) is 4.79. The molecule has 0 aliphatic carbocycles. The van der Waals surface area contributed by atoms with E-state index in [4.69, 9.17) is 24.9 Å². The predicted molar refractivity (Wildman–Crippen MR) is 217 cm³/mol. The minimum absolute atomic E-state index is 0.608. The number of nitrogens with zero attached hydrogens (tertiary/aromatic N) is 7. The Morgan fingerprint density at radius 2 is 0.815 bits per heavy atom. The van der Waals surface area contributed by atoms with Gasteiger partial charge in [0.2, 0.25) is 5.95 Å². The quantitative estimate of drug-likeness (QED) is 0.180. The average molecular weight is 692 g/mol. The van der Waals surface area contributed by atoms with E-state index >= 15 is 0 Å². The highest BCUT2D eigenvalue weighted by Gasteiger charge is 2.21. The van der Waals surface area contributed by atoms with E-state index in [1.54, 1.807) is 0 Å². The molecule has 0 fully saturated rings. The van der Waals surface area contributed by atoms with E-state index < -0.39 is 0 Å². The Bertz CT molecular complexity index is 3200. The number of imidazole rings is 1. The zero-order valence-corrected chi connectivity index (χ0v) is 28.9. The summed E-state index contributed by atoms with van der Waals surface area (Å²) < 4.78 is 4.44. The lowest BCUT2D eigenvalue weighted by atomic mass is 10.0. The molecule has 4 heterocycles. The van der Waals surface area contributed by atoms with Gasteiger partial charge >= 0.3 is 0 Å². The Morgan fingerprint density at radius 3 is 1.56 bits per heavy atom. The maximum Gasteiger partial charge on any atom is 0.221 e. The Balaban J connectivity index is 1.12. The minimum Gasteiger partial charge on any atom is -0.279 e. The maximum atomic E-state index is 5.32. The van der Waals surface area contributed by atoms with Crippen molar-refractivity contribution in [3.8, 4) is 51.2 Å². The molecule has 11 aromatic rings. The van der Waals surface area contributed by atoms with Gasteiger partial charge in [-0.2, -0.15) is 0 Å². The summed E-state index contributed by atoms with van der Waals surface area (Å²) >= 11 is 0.